The van der Waals surface area contributed by atoms with E-state index in [0.717, 1.165) is 112 Å². The first kappa shape index (κ1) is 44.8. The third-order valence-electron chi connectivity index (χ3n) is 13.4. The van der Waals surface area contributed by atoms with E-state index in [1.807, 2.05) is 26.1 Å². The molecule has 9 rings (SSSR count). The van der Waals surface area contributed by atoms with E-state index >= 15 is 0 Å². The molecule has 2 aromatic heterocycles. The minimum absolute atomic E-state index is 0.168. The van der Waals surface area contributed by atoms with E-state index in [4.69, 9.17) is 9.72 Å². The first-order chi connectivity index (χ1) is 32.1. The minimum Gasteiger partial charge on any atom is -0.477 e. The third kappa shape index (κ3) is 10.0. The van der Waals surface area contributed by atoms with Gasteiger partial charge >= 0.3 is 0 Å². The zero-order valence-corrected chi connectivity index (χ0v) is 38.4. The van der Waals surface area contributed by atoms with Crippen LogP contribution in [0, 0.1) is 24.7 Å². The highest BCUT2D eigenvalue weighted by Crippen LogP contribution is 2.36. The predicted octanol–water partition coefficient (Wildman–Crippen LogP) is 6.30. The van der Waals surface area contributed by atoms with Gasteiger partial charge in [0.05, 0.1) is 35.4 Å². The molecule has 0 saturated carbocycles. The Kier molecular flexibility index (Phi) is 13.6. The number of carbonyl (C=O) groups excluding carboxylic acids is 4. The summed E-state index contributed by atoms with van der Waals surface area (Å²) in [5.41, 5.74) is 8.17. The van der Waals surface area contributed by atoms with E-state index in [-0.39, 0.29) is 24.1 Å². The number of benzene rings is 2. The molecular formula is C51H60N10O5. The molecule has 4 amide bonds. The molecule has 2 atom stereocenters. The summed E-state index contributed by atoms with van der Waals surface area (Å²) in [4.78, 5) is 69.3. The number of amides is 4. The number of aromatic nitrogens is 3. The number of nitrogens with one attached hydrogen (secondary N) is 2. The minimum atomic E-state index is -0.623. The Bertz CT molecular complexity index is 2600. The number of ether oxygens (including phenoxy) is 1. The van der Waals surface area contributed by atoms with Crippen LogP contribution in [-0.2, 0) is 29.7 Å². The van der Waals surface area contributed by atoms with Crippen LogP contribution < -0.4 is 20.3 Å². The Labute approximate surface area is 387 Å². The number of anilines is 2. The van der Waals surface area contributed by atoms with E-state index in [1.165, 1.54) is 24.8 Å². The molecule has 0 spiro atoms. The first-order valence-corrected chi connectivity index (χ1v) is 23.7. The van der Waals surface area contributed by atoms with E-state index in [2.05, 4.69) is 72.4 Å². The molecule has 15 nitrogen and oxygen atoms in total. The Morgan fingerprint density at radius 3 is 2.56 bits per heavy atom. The zero-order valence-electron chi connectivity index (χ0n) is 38.4. The molecule has 0 aliphatic carbocycles. The number of unbranched alkanes of at least 4 members (excludes halogenated alkanes) is 5. The highest BCUT2D eigenvalue weighted by molar-refractivity contribution is 6.19. The Morgan fingerprint density at radius 1 is 0.894 bits per heavy atom. The molecule has 2 N–H and O–H groups in total. The Balaban J connectivity index is 0.724. The quantitative estimate of drug-likeness (QED) is 0.105. The lowest BCUT2D eigenvalue weighted by molar-refractivity contribution is -0.136. The molecule has 4 aromatic rings. The highest BCUT2D eigenvalue weighted by Gasteiger charge is 2.40. The number of piperidine rings is 1. The van der Waals surface area contributed by atoms with Crippen molar-refractivity contribution in [1.29, 1.82) is 0 Å². The average Bonchev–Trinajstić information content (AvgIpc) is 3.96. The lowest BCUT2D eigenvalue weighted by Crippen LogP contribution is -2.52. The average molecular weight is 893 g/mol. The Hall–Kier alpha value is -6.37. The smallest absolute Gasteiger partial charge is 0.280 e. The number of nitrogens with zero attached hydrogens (tertiary/aromatic N) is 8. The maximum Gasteiger partial charge on any atom is 0.280 e. The van der Waals surface area contributed by atoms with Crippen molar-refractivity contribution in [3.63, 3.8) is 0 Å². The molecule has 7 heterocycles. The van der Waals surface area contributed by atoms with Crippen LogP contribution in [0.1, 0.15) is 114 Å². The molecule has 1 unspecified atom stereocenters. The van der Waals surface area contributed by atoms with Crippen LogP contribution in [-0.4, -0.2) is 111 Å². The van der Waals surface area contributed by atoms with Crippen molar-refractivity contribution >= 4 is 41.0 Å². The van der Waals surface area contributed by atoms with Gasteiger partial charge in [-0.05, 0) is 99.0 Å². The maximum absolute atomic E-state index is 13.8. The van der Waals surface area contributed by atoms with Crippen molar-refractivity contribution in [2.75, 3.05) is 56.1 Å². The van der Waals surface area contributed by atoms with Crippen LogP contribution in [0.15, 0.2) is 59.7 Å². The monoisotopic (exact) mass is 892 g/mol. The summed E-state index contributed by atoms with van der Waals surface area (Å²) in [6, 6.07) is 15.1. The normalized spacial score (nSPS) is 20.9. The van der Waals surface area contributed by atoms with E-state index in [9.17, 15) is 19.2 Å². The van der Waals surface area contributed by atoms with Gasteiger partial charge in [0.15, 0.2) is 0 Å². The molecule has 2 aromatic carbocycles. The molecule has 344 valence electrons. The molecule has 15 heteroatoms. The number of hydrogen-bond donors (Lipinski definition) is 2. The van der Waals surface area contributed by atoms with Gasteiger partial charge in [-0.25, -0.2) is 4.68 Å². The zero-order chi connectivity index (χ0) is 45.7. The van der Waals surface area contributed by atoms with Gasteiger partial charge in [-0.2, -0.15) is 10.1 Å². The number of fused-ring (bicyclic) bond motifs is 8. The molecular weight excluding hydrogens is 833 g/mol. The van der Waals surface area contributed by atoms with Crippen LogP contribution in [0.25, 0.3) is 11.3 Å². The van der Waals surface area contributed by atoms with Crippen molar-refractivity contribution in [2.45, 2.75) is 97.2 Å². The summed E-state index contributed by atoms with van der Waals surface area (Å²) in [7, 11) is 1.86. The largest absolute Gasteiger partial charge is 0.477 e. The number of hydrogen-bond acceptors (Lipinski definition) is 11. The van der Waals surface area contributed by atoms with E-state index in [1.54, 1.807) is 34.0 Å². The molecule has 5 aliphatic heterocycles. The number of carbonyl (C=O) groups is 4. The molecule has 2 fully saturated rings. The van der Waals surface area contributed by atoms with Gasteiger partial charge in [0.25, 0.3) is 11.8 Å². The SMILES string of the molecule is Cc1cc2cc(n1)-c1cnn(C)c1OCCC[C@@H](C)CN1/C(=N/C2=O)Nc2ccc(CN3CCN(CCCCCCCC#Cc4cccc5c4CN(C4CCC(=O)NC4=O)C5=O)CC3)cc21. The van der Waals surface area contributed by atoms with Crippen LogP contribution >= 0.6 is 0 Å². The summed E-state index contributed by atoms with van der Waals surface area (Å²) in [6.07, 6.45) is 10.7. The maximum atomic E-state index is 13.8. The van der Waals surface area contributed by atoms with E-state index in [0.29, 0.717) is 54.2 Å². The Morgan fingerprint density at radius 2 is 1.71 bits per heavy atom. The van der Waals surface area contributed by atoms with E-state index < -0.39 is 11.9 Å². The number of aryl methyl sites for hydroxylation is 2. The number of pyridine rings is 1. The van der Waals surface area contributed by atoms with Crippen molar-refractivity contribution in [3.8, 4) is 29.0 Å². The summed E-state index contributed by atoms with van der Waals surface area (Å²) in [5, 5.41) is 10.3. The van der Waals surface area contributed by atoms with Crippen molar-refractivity contribution < 1.29 is 23.9 Å². The van der Waals surface area contributed by atoms with Crippen molar-refractivity contribution in [3.05, 3.63) is 88.2 Å². The van der Waals surface area contributed by atoms with Gasteiger partial charge < -0.3 is 24.8 Å². The molecule has 5 aliphatic rings. The van der Waals surface area contributed by atoms with Crippen molar-refractivity contribution in [2.24, 2.45) is 18.0 Å². The second kappa shape index (κ2) is 20.0. The van der Waals surface area contributed by atoms with Crippen LogP contribution in [0.5, 0.6) is 5.88 Å². The number of imide groups is 1. The van der Waals surface area contributed by atoms with Gasteiger partial charge in [-0.15, -0.1) is 0 Å². The number of rotatable bonds is 10. The lowest BCUT2D eigenvalue weighted by atomic mass is 10.0. The molecule has 0 radical (unpaired) electrons. The van der Waals surface area contributed by atoms with Crippen LogP contribution in [0.4, 0.5) is 11.4 Å². The van der Waals surface area contributed by atoms with Gasteiger partial charge in [-0.1, -0.05) is 50.2 Å². The molecule has 2 saturated heterocycles. The number of aliphatic imine (C=N–C) groups is 1. The summed E-state index contributed by atoms with van der Waals surface area (Å²) in [6.45, 7) is 11.9. The third-order valence-corrected chi connectivity index (χ3v) is 13.4. The second-order valence-electron chi connectivity index (χ2n) is 18.5. The number of piperazine rings is 1. The second-order valence-corrected chi connectivity index (χ2v) is 18.5. The standard InChI is InChI=1S/C51H60N10O5/c1-34-13-12-26-66-50-40(30-52-57(50)3)43-29-38(27-35(2)53-43)47(63)56-51-54-42-18-17-36(28-45(42)61(51)31-34)32-59-24-22-58(23-25-59)21-10-8-6-4-5-7-9-14-37-15-11-16-39-41(37)33-60(49(39)65)44-19-20-46(62)55-48(44)64/h11,15-18,27-30,34,44H,4-8,10,12-13,19-26,31-33H2,1-3H3,(H,54,56,63)(H,55,62,64)/t34-,44?/m1/s1. The first-order valence-electron chi connectivity index (χ1n) is 23.7. The predicted molar refractivity (Wildman–Crippen MR) is 253 cm³/mol. The lowest BCUT2D eigenvalue weighted by Gasteiger charge is -2.34. The molecule has 2 bridgehead atoms. The highest BCUT2D eigenvalue weighted by atomic mass is 16.5. The van der Waals surface area contributed by atoms with Gasteiger partial charge in [0, 0.05) is 88.1 Å². The topological polar surface area (TPSA) is 158 Å². The fourth-order valence-electron chi connectivity index (χ4n) is 9.82. The van der Waals surface area contributed by atoms with Gasteiger partial charge in [-0.3, -0.25) is 34.4 Å². The van der Waals surface area contributed by atoms with Crippen LogP contribution in [0.3, 0.4) is 0 Å². The van der Waals surface area contributed by atoms with Crippen LogP contribution in [0.2, 0.25) is 0 Å². The summed E-state index contributed by atoms with van der Waals surface area (Å²) < 4.78 is 7.98. The van der Waals surface area contributed by atoms with Gasteiger partial charge in [0.1, 0.15) is 6.04 Å². The van der Waals surface area contributed by atoms with Crippen molar-refractivity contribution in [1.82, 2.24) is 34.8 Å². The fourth-order valence-corrected chi connectivity index (χ4v) is 9.82. The summed E-state index contributed by atoms with van der Waals surface area (Å²) >= 11 is 0. The summed E-state index contributed by atoms with van der Waals surface area (Å²) in [5.74, 6) is 6.96. The fraction of sp³-hybridized carbons (Fsp3) is 0.471. The number of guanidine groups is 1. The molecule has 66 heavy (non-hydrogen) atoms. The van der Waals surface area contributed by atoms with Gasteiger partial charge in [0.2, 0.25) is 23.7 Å².